The molecule has 1 atom stereocenters. The van der Waals surface area contributed by atoms with Gasteiger partial charge in [0.1, 0.15) is 5.82 Å². The lowest BCUT2D eigenvalue weighted by atomic mass is 10.2. The Labute approximate surface area is 83.2 Å². The Bertz CT molecular complexity index is 275. The lowest BCUT2D eigenvalue weighted by Crippen LogP contribution is -2.06. The molecule has 0 saturated heterocycles. The van der Waals surface area contributed by atoms with Crippen LogP contribution in [0, 0.1) is 5.92 Å². The first-order valence-electron chi connectivity index (χ1n) is 4.34. The molecular formula is C9H15N3S. The number of nitrogen functional groups attached to an aromatic ring is 1. The van der Waals surface area contributed by atoms with Gasteiger partial charge in [0.2, 0.25) is 0 Å². The molecule has 1 rings (SSSR count). The predicted molar refractivity (Wildman–Crippen MR) is 56.6 cm³/mol. The Balaban J connectivity index is 2.64. The number of anilines is 1. The maximum absolute atomic E-state index is 5.55. The quantitative estimate of drug-likeness (QED) is 0.596. The van der Waals surface area contributed by atoms with Crippen LogP contribution in [-0.4, -0.2) is 15.2 Å². The molecule has 0 aliphatic rings. The molecule has 1 unspecified atom stereocenters. The fourth-order valence-corrected chi connectivity index (χ4v) is 1.60. The minimum Gasteiger partial charge on any atom is -0.384 e. The number of aromatic nitrogens is 2. The second kappa shape index (κ2) is 4.46. The van der Waals surface area contributed by atoms with Crippen LogP contribution < -0.4 is 5.73 Å². The molecule has 0 fully saturated rings. The van der Waals surface area contributed by atoms with Crippen molar-refractivity contribution in [3.05, 3.63) is 12.3 Å². The molecule has 0 bridgehead atoms. The van der Waals surface area contributed by atoms with Crippen LogP contribution in [0.3, 0.4) is 0 Å². The van der Waals surface area contributed by atoms with E-state index in [0.717, 1.165) is 5.16 Å². The van der Waals surface area contributed by atoms with E-state index in [2.05, 4.69) is 30.7 Å². The van der Waals surface area contributed by atoms with Crippen LogP contribution in [0.5, 0.6) is 0 Å². The SMILES string of the molecule is CC(C)C(C)Sc1nccc(N)n1. The first kappa shape index (κ1) is 10.3. The lowest BCUT2D eigenvalue weighted by molar-refractivity contribution is 0.640. The summed E-state index contributed by atoms with van der Waals surface area (Å²) in [6.07, 6.45) is 1.69. The molecule has 1 aromatic heterocycles. The Kier molecular flexibility index (Phi) is 3.54. The van der Waals surface area contributed by atoms with Crippen LogP contribution in [0.4, 0.5) is 5.82 Å². The molecule has 0 saturated carbocycles. The van der Waals surface area contributed by atoms with E-state index in [1.807, 2.05) is 0 Å². The zero-order valence-electron chi connectivity index (χ0n) is 8.19. The molecule has 0 aliphatic carbocycles. The topological polar surface area (TPSA) is 51.8 Å². The molecule has 72 valence electrons. The smallest absolute Gasteiger partial charge is 0.189 e. The van der Waals surface area contributed by atoms with Gasteiger partial charge in [-0.2, -0.15) is 0 Å². The van der Waals surface area contributed by atoms with Gasteiger partial charge < -0.3 is 5.73 Å². The van der Waals surface area contributed by atoms with E-state index in [1.165, 1.54) is 0 Å². The number of hydrogen-bond donors (Lipinski definition) is 1. The summed E-state index contributed by atoms with van der Waals surface area (Å²) in [5, 5.41) is 1.28. The molecule has 3 nitrogen and oxygen atoms in total. The predicted octanol–water partition coefficient (Wildman–Crippen LogP) is 2.20. The van der Waals surface area contributed by atoms with Crippen LogP contribution in [0.15, 0.2) is 17.4 Å². The van der Waals surface area contributed by atoms with Gasteiger partial charge in [0.05, 0.1) is 0 Å². The molecule has 0 spiro atoms. The third-order valence-electron chi connectivity index (χ3n) is 1.89. The third-order valence-corrected chi connectivity index (χ3v) is 3.21. The van der Waals surface area contributed by atoms with Crippen molar-refractivity contribution in [2.24, 2.45) is 5.92 Å². The van der Waals surface area contributed by atoms with Gasteiger partial charge in [0, 0.05) is 11.4 Å². The minimum absolute atomic E-state index is 0.516. The van der Waals surface area contributed by atoms with Crippen LogP contribution in [0.2, 0.25) is 0 Å². The van der Waals surface area contributed by atoms with Crippen LogP contribution in [0.25, 0.3) is 0 Å². The number of nitrogens with zero attached hydrogens (tertiary/aromatic N) is 2. The van der Waals surface area contributed by atoms with Crippen molar-refractivity contribution >= 4 is 17.6 Å². The zero-order valence-corrected chi connectivity index (χ0v) is 9.01. The summed E-state index contributed by atoms with van der Waals surface area (Å²) in [7, 11) is 0. The molecule has 1 heterocycles. The number of nitrogens with two attached hydrogens (primary N) is 1. The summed E-state index contributed by atoms with van der Waals surface area (Å²) < 4.78 is 0. The lowest BCUT2D eigenvalue weighted by Gasteiger charge is -2.13. The molecule has 0 radical (unpaired) electrons. The second-order valence-corrected chi connectivity index (χ2v) is 4.68. The molecule has 0 amide bonds. The van der Waals surface area contributed by atoms with Crippen LogP contribution in [-0.2, 0) is 0 Å². The first-order valence-corrected chi connectivity index (χ1v) is 5.22. The summed E-state index contributed by atoms with van der Waals surface area (Å²) in [5.74, 6) is 1.16. The summed E-state index contributed by atoms with van der Waals surface area (Å²) in [6, 6.07) is 1.70. The van der Waals surface area contributed by atoms with E-state index < -0.39 is 0 Å². The Morgan fingerprint density at radius 1 is 1.38 bits per heavy atom. The second-order valence-electron chi connectivity index (χ2n) is 3.33. The Morgan fingerprint density at radius 3 is 2.62 bits per heavy atom. The maximum Gasteiger partial charge on any atom is 0.189 e. The highest BCUT2D eigenvalue weighted by atomic mass is 32.2. The van der Waals surface area contributed by atoms with Gasteiger partial charge in [-0.3, -0.25) is 0 Å². The van der Waals surface area contributed by atoms with Gasteiger partial charge in [-0.1, -0.05) is 32.5 Å². The minimum atomic E-state index is 0.516. The van der Waals surface area contributed by atoms with Crippen molar-refractivity contribution in [3.8, 4) is 0 Å². The highest BCUT2D eigenvalue weighted by Gasteiger charge is 2.10. The van der Waals surface area contributed by atoms with Crippen molar-refractivity contribution in [2.45, 2.75) is 31.2 Å². The van der Waals surface area contributed by atoms with Crippen molar-refractivity contribution in [2.75, 3.05) is 5.73 Å². The zero-order chi connectivity index (χ0) is 9.84. The highest BCUT2D eigenvalue weighted by Crippen LogP contribution is 2.24. The average Bonchev–Trinajstić information content (AvgIpc) is 2.04. The molecule has 13 heavy (non-hydrogen) atoms. The van der Waals surface area contributed by atoms with Gasteiger partial charge in [0.15, 0.2) is 5.16 Å². The standard InChI is InChI=1S/C9H15N3S/c1-6(2)7(3)13-9-11-5-4-8(10)12-9/h4-7H,1-3H3,(H2,10,11,12). The number of thioether (sulfide) groups is 1. The van der Waals surface area contributed by atoms with Gasteiger partial charge in [-0.15, -0.1) is 0 Å². The Hall–Kier alpha value is -0.770. The first-order chi connectivity index (χ1) is 6.09. The summed E-state index contributed by atoms with van der Waals surface area (Å²) >= 11 is 1.66. The molecule has 4 heteroatoms. The Morgan fingerprint density at radius 2 is 2.08 bits per heavy atom. The molecule has 1 aromatic rings. The highest BCUT2D eigenvalue weighted by molar-refractivity contribution is 7.99. The molecular weight excluding hydrogens is 182 g/mol. The van der Waals surface area contributed by atoms with Gasteiger partial charge in [0.25, 0.3) is 0 Å². The van der Waals surface area contributed by atoms with Gasteiger partial charge in [-0.25, -0.2) is 9.97 Å². The number of hydrogen-bond acceptors (Lipinski definition) is 4. The van der Waals surface area contributed by atoms with E-state index in [9.17, 15) is 0 Å². The van der Waals surface area contributed by atoms with Gasteiger partial charge in [-0.05, 0) is 12.0 Å². The molecule has 0 aliphatic heterocycles. The van der Waals surface area contributed by atoms with E-state index in [0.29, 0.717) is 17.0 Å². The van der Waals surface area contributed by atoms with Crippen LogP contribution in [0.1, 0.15) is 20.8 Å². The molecule has 0 aromatic carbocycles. The maximum atomic E-state index is 5.55. The van der Waals surface area contributed by atoms with E-state index in [4.69, 9.17) is 5.73 Å². The summed E-state index contributed by atoms with van der Waals surface area (Å²) in [5.41, 5.74) is 5.55. The largest absolute Gasteiger partial charge is 0.384 e. The van der Waals surface area contributed by atoms with E-state index in [-0.39, 0.29) is 0 Å². The van der Waals surface area contributed by atoms with E-state index in [1.54, 1.807) is 24.0 Å². The average molecular weight is 197 g/mol. The van der Waals surface area contributed by atoms with Gasteiger partial charge >= 0.3 is 0 Å². The number of rotatable bonds is 3. The fourth-order valence-electron chi connectivity index (χ4n) is 0.713. The van der Waals surface area contributed by atoms with Crippen molar-refractivity contribution in [3.63, 3.8) is 0 Å². The molecule has 2 N–H and O–H groups in total. The van der Waals surface area contributed by atoms with E-state index >= 15 is 0 Å². The van der Waals surface area contributed by atoms with Crippen molar-refractivity contribution in [1.29, 1.82) is 0 Å². The fraction of sp³-hybridized carbons (Fsp3) is 0.556. The van der Waals surface area contributed by atoms with Crippen molar-refractivity contribution in [1.82, 2.24) is 9.97 Å². The van der Waals surface area contributed by atoms with Crippen molar-refractivity contribution < 1.29 is 0 Å². The monoisotopic (exact) mass is 197 g/mol. The summed E-state index contributed by atoms with van der Waals surface area (Å²) in [4.78, 5) is 8.26. The third kappa shape index (κ3) is 3.22. The van der Waals surface area contributed by atoms with Crippen LogP contribution >= 0.6 is 11.8 Å². The summed E-state index contributed by atoms with van der Waals surface area (Å²) in [6.45, 7) is 6.54. The normalized spacial score (nSPS) is 13.2.